The lowest BCUT2D eigenvalue weighted by Gasteiger charge is -2.54. The van der Waals surface area contributed by atoms with Crippen molar-refractivity contribution in [2.45, 2.75) is 293 Å². The molecule has 0 amide bonds. The second kappa shape index (κ2) is 36.9. The maximum absolute atomic E-state index is 13.3. The average Bonchev–Trinajstić information content (AvgIpc) is 3.84. The van der Waals surface area contributed by atoms with E-state index in [4.69, 9.17) is 34.4 Å². The Hall–Kier alpha value is -0.700. The van der Waals surface area contributed by atoms with E-state index in [1.54, 1.807) is 0 Å². The summed E-state index contributed by atoms with van der Waals surface area (Å²) in [6.07, 6.45) is 10.1. The number of fused-ring (bicyclic) bond motifs is 2. The summed E-state index contributed by atoms with van der Waals surface area (Å²) in [5.74, 6) is 1.59. The highest BCUT2D eigenvalue weighted by atomic mass is 19.1. The second-order valence-electron chi connectivity index (χ2n) is 27.4. The molecule has 1 saturated carbocycles. The highest BCUT2D eigenvalue weighted by molar-refractivity contribution is 5.03. The van der Waals surface area contributed by atoms with E-state index in [2.05, 4.69) is 143 Å². The predicted octanol–water partition coefficient (Wildman–Crippen LogP) is 7.40. The molecule has 0 aromatic carbocycles. The molecule has 0 radical (unpaired) electrons. The molecule has 16 heteroatoms. The Labute approximate surface area is 482 Å². The zero-order valence-corrected chi connectivity index (χ0v) is 52.3. The summed E-state index contributed by atoms with van der Waals surface area (Å²) >= 11 is 0. The minimum Gasteiger partial charge on any atom is -0.330 e. The Morgan fingerprint density at radius 2 is 1.03 bits per heavy atom. The minimum absolute atomic E-state index is 0. The molecule has 0 aromatic heterocycles. The summed E-state index contributed by atoms with van der Waals surface area (Å²) in [6, 6.07) is 7.12. The van der Waals surface area contributed by atoms with Gasteiger partial charge in [-0.3, -0.25) is 29.4 Å². The van der Waals surface area contributed by atoms with Gasteiger partial charge in [0.15, 0.2) is 0 Å². The predicted molar refractivity (Wildman–Crippen MR) is 336 cm³/mol. The highest BCUT2D eigenvalue weighted by Crippen LogP contribution is 2.38. The molecular formula is C62H136F2N14. The number of likely N-dealkylation sites (tertiary alicyclic amines) is 7. The van der Waals surface area contributed by atoms with Crippen LogP contribution in [-0.4, -0.2) is 229 Å². The topological polar surface area (TPSA) is 191 Å². The van der Waals surface area contributed by atoms with Gasteiger partial charge in [0.25, 0.3) is 0 Å². The zero-order chi connectivity index (χ0) is 57.2. The molecule has 78 heavy (non-hydrogen) atoms. The van der Waals surface area contributed by atoms with Crippen LogP contribution >= 0.6 is 0 Å². The van der Waals surface area contributed by atoms with E-state index < -0.39 is 12.3 Å². The first-order valence-corrected chi connectivity index (χ1v) is 31.3. The molecule has 9 aliphatic rings. The van der Waals surface area contributed by atoms with Crippen molar-refractivity contribution < 1.29 is 8.78 Å². The van der Waals surface area contributed by atoms with Crippen LogP contribution in [0.15, 0.2) is 0 Å². The van der Waals surface area contributed by atoms with E-state index in [9.17, 15) is 8.78 Å². The lowest BCUT2D eigenvalue weighted by molar-refractivity contribution is -0.0368. The number of hydrogen-bond donors (Lipinski definition) is 7. The first-order valence-electron chi connectivity index (χ1n) is 31.3. The molecule has 9 rings (SSSR count). The average molecular weight is 1120 g/mol. The highest BCUT2D eigenvalue weighted by Gasteiger charge is 2.46. The van der Waals surface area contributed by atoms with Crippen molar-refractivity contribution in [3.05, 3.63) is 0 Å². The Bertz CT molecular complexity index is 1490. The van der Waals surface area contributed by atoms with Gasteiger partial charge in [0.05, 0.1) is 0 Å². The molecule has 0 aromatic rings. The maximum Gasteiger partial charge on any atom is 0.117 e. The summed E-state index contributed by atoms with van der Waals surface area (Å²) in [4.78, 5) is 16.8. The molecule has 8 aliphatic heterocycles. The second-order valence-corrected chi connectivity index (χ2v) is 27.4. The first kappa shape index (κ1) is 75.3. The quantitative estimate of drug-likeness (QED) is 0.127. The number of nitrogens with two attached hydrogens (primary N) is 6. The van der Waals surface area contributed by atoms with Crippen molar-refractivity contribution >= 4 is 0 Å². The molecule has 1 aliphatic carbocycles. The van der Waals surface area contributed by atoms with Crippen LogP contribution in [0.3, 0.4) is 0 Å². The van der Waals surface area contributed by atoms with Gasteiger partial charge < -0.3 is 44.6 Å². The van der Waals surface area contributed by atoms with Crippen molar-refractivity contribution in [1.29, 1.82) is 0 Å². The first-order chi connectivity index (χ1) is 35.6. The Balaban J connectivity index is 0.000000454. The van der Waals surface area contributed by atoms with Gasteiger partial charge >= 0.3 is 0 Å². The summed E-state index contributed by atoms with van der Waals surface area (Å²) in [6.45, 7) is 50.5. The van der Waals surface area contributed by atoms with Crippen LogP contribution in [0.2, 0.25) is 0 Å². The summed E-state index contributed by atoms with van der Waals surface area (Å²) in [5.41, 5.74) is 35.3. The summed E-state index contributed by atoms with van der Waals surface area (Å²) in [5, 5.41) is 3.51. The van der Waals surface area contributed by atoms with Crippen LogP contribution in [0.25, 0.3) is 0 Å². The van der Waals surface area contributed by atoms with Crippen molar-refractivity contribution in [3.63, 3.8) is 0 Å². The van der Waals surface area contributed by atoms with Crippen LogP contribution < -0.4 is 39.7 Å². The molecule has 468 valence electrons. The largest absolute Gasteiger partial charge is 0.330 e. The van der Waals surface area contributed by atoms with E-state index in [0.717, 1.165) is 56.6 Å². The maximum atomic E-state index is 13.3. The smallest absolute Gasteiger partial charge is 0.117 e. The summed E-state index contributed by atoms with van der Waals surface area (Å²) < 4.78 is 26.2. The Kier molecular flexibility index (Phi) is 35.6. The number of rotatable bonds is 8. The fraction of sp³-hybridized carbons (Fsp3) is 1.00. The lowest BCUT2D eigenvalue weighted by atomic mass is 9.73. The Morgan fingerprint density at radius 1 is 0.513 bits per heavy atom. The number of hydrogen-bond acceptors (Lipinski definition) is 14. The molecular weight excluding hydrogens is 979 g/mol. The number of nitrogens with one attached hydrogen (secondary N) is 1. The number of alkyl halides is 2. The molecule has 14 nitrogen and oxygen atoms in total. The molecule has 8 saturated heterocycles. The van der Waals surface area contributed by atoms with E-state index in [1.165, 1.54) is 104 Å². The van der Waals surface area contributed by atoms with Crippen LogP contribution in [-0.2, 0) is 0 Å². The number of piperidine rings is 6. The fourth-order valence-corrected chi connectivity index (χ4v) is 13.2. The van der Waals surface area contributed by atoms with E-state index >= 15 is 0 Å². The number of nitrogens with zero attached hydrogens (tertiary/aromatic N) is 7. The molecule has 2 bridgehead atoms. The standard InChI is InChI=1S/C10H20N2.C9H19FN2.C9H18N2.C9H20N2.C8H17FN2.C8H18N2.C7H16N2.2CH4/c1-9(2)12-7-10(8-12)4-3-5-11-6-10;1-6(2)12-5-8(11)4-9(10)7(12)3;1-6(2)11-5-7-3-4-8(11)9(7)10;1-7(2)11-6-9(10)5-4-8(11)3;1-6(2)11-4-7(9)3-8(10)5-11;1-7(2)10-5-3-4-8(9)6-10;1-6(2)9-4-7(3-8)5-9;;/h9,11H,3-8H2,1-2H3;6-9H,4-5,11H2,1-3H3;6-9H,3-5,10H2,1-2H3;7-9H,4-6,10H2,1-3H3;6-8H,3-5,10H2,1-2H3;7-8H,3-6,9H2,1-2H3;6-7H,3-5,8H2,1-2H3;2*1H4. The summed E-state index contributed by atoms with van der Waals surface area (Å²) in [7, 11) is 0. The van der Waals surface area contributed by atoms with Gasteiger partial charge in [-0.1, -0.05) is 14.9 Å². The van der Waals surface area contributed by atoms with Gasteiger partial charge in [-0.15, -0.1) is 0 Å². The van der Waals surface area contributed by atoms with Gasteiger partial charge in [-0.2, -0.15) is 0 Å². The van der Waals surface area contributed by atoms with E-state index in [-0.39, 0.29) is 33.0 Å². The molecule has 13 N–H and O–H groups in total. The fourth-order valence-electron chi connectivity index (χ4n) is 13.2. The van der Waals surface area contributed by atoms with Crippen LogP contribution in [0.1, 0.15) is 190 Å². The normalized spacial score (nSPS) is 32.9. The van der Waals surface area contributed by atoms with Gasteiger partial charge in [-0.25, -0.2) is 8.78 Å². The molecule has 8 heterocycles. The van der Waals surface area contributed by atoms with Gasteiger partial charge in [0.2, 0.25) is 0 Å². The molecule has 11 unspecified atom stereocenters. The van der Waals surface area contributed by atoms with E-state index in [0.29, 0.717) is 85.2 Å². The van der Waals surface area contributed by atoms with Crippen LogP contribution in [0.4, 0.5) is 8.78 Å². The van der Waals surface area contributed by atoms with Crippen molar-refractivity contribution in [2.24, 2.45) is 51.7 Å². The SMILES string of the molecule is C.C.CC(C)N1CC(CN)C1.CC(C)N1CC(N)CC(F)C1.CC(C)N1CC(N)CC(F)C1C.CC(C)N1CC(N)CCC1C.CC(C)N1CC2(CCCNC2)C1.CC(C)N1CC2CCC1C2N.CC(C)N1CCCC(N)C1. The number of halogens is 2. The van der Waals surface area contributed by atoms with Crippen molar-refractivity contribution in [3.8, 4) is 0 Å². The minimum atomic E-state index is -0.754. The molecule has 11 atom stereocenters. The Morgan fingerprint density at radius 3 is 1.44 bits per heavy atom. The molecule has 9 fully saturated rings. The van der Waals surface area contributed by atoms with E-state index in [1.807, 2.05) is 6.92 Å². The van der Waals surface area contributed by atoms with Crippen molar-refractivity contribution in [1.82, 2.24) is 39.6 Å². The van der Waals surface area contributed by atoms with Gasteiger partial charge in [-0.05, 0) is 206 Å². The van der Waals surface area contributed by atoms with Crippen LogP contribution in [0, 0.1) is 17.3 Å². The van der Waals surface area contributed by atoms with Gasteiger partial charge in [0, 0.05) is 168 Å². The zero-order valence-electron chi connectivity index (χ0n) is 52.3. The van der Waals surface area contributed by atoms with Gasteiger partial charge in [0.1, 0.15) is 12.3 Å². The third kappa shape index (κ3) is 24.9. The monoisotopic (exact) mass is 1120 g/mol. The third-order valence-corrected chi connectivity index (χ3v) is 18.5. The lowest BCUT2D eigenvalue weighted by Crippen LogP contribution is -2.63. The van der Waals surface area contributed by atoms with Crippen LogP contribution in [0.5, 0.6) is 0 Å². The third-order valence-electron chi connectivity index (χ3n) is 18.5. The molecule has 1 spiro atoms. The van der Waals surface area contributed by atoms with Crippen molar-refractivity contribution in [2.75, 3.05) is 91.6 Å².